The van der Waals surface area contributed by atoms with Crippen molar-refractivity contribution in [2.24, 2.45) is 0 Å². The van der Waals surface area contributed by atoms with Crippen LogP contribution >= 0.6 is 0 Å². The first-order chi connectivity index (χ1) is 8.88. The fraction of sp³-hybridized carbons (Fsp3) is 0.500. The molecule has 2 heteroatoms. The highest BCUT2D eigenvalue weighted by atomic mass is 16.5. The van der Waals surface area contributed by atoms with Crippen LogP contribution in [0.5, 0.6) is 5.75 Å². The minimum absolute atomic E-state index is 0.596. The van der Waals surface area contributed by atoms with Crippen LogP contribution in [0.2, 0.25) is 0 Å². The van der Waals surface area contributed by atoms with Crippen LogP contribution in [0.15, 0.2) is 30.8 Å². The maximum atomic E-state index is 5.66. The van der Waals surface area contributed by atoms with E-state index in [9.17, 15) is 0 Å². The summed E-state index contributed by atoms with van der Waals surface area (Å²) < 4.78 is 11.2. The molecule has 1 rings (SSSR count). The molecule has 0 aliphatic carbocycles. The summed E-state index contributed by atoms with van der Waals surface area (Å²) in [5.41, 5.74) is 1.03. The molecule has 1 aromatic rings. The van der Waals surface area contributed by atoms with Gasteiger partial charge in [-0.15, -0.1) is 0 Å². The van der Waals surface area contributed by atoms with Gasteiger partial charge in [0, 0.05) is 12.2 Å². The Bertz CT molecular complexity index is 334. The van der Waals surface area contributed by atoms with E-state index in [0.717, 1.165) is 24.3 Å². The average molecular weight is 248 g/mol. The van der Waals surface area contributed by atoms with Gasteiger partial charge in [-0.1, -0.05) is 57.0 Å². The minimum atomic E-state index is 0.596. The molecule has 0 radical (unpaired) electrons. The molecule has 1 aromatic carbocycles. The van der Waals surface area contributed by atoms with Crippen LogP contribution < -0.4 is 4.74 Å². The molecule has 0 amide bonds. The lowest BCUT2D eigenvalue weighted by atomic mass is 10.2. The van der Waals surface area contributed by atoms with Gasteiger partial charge in [-0.3, -0.25) is 0 Å². The summed E-state index contributed by atoms with van der Waals surface area (Å²) in [6.45, 7) is 8.07. The molecule has 0 saturated heterocycles. The van der Waals surface area contributed by atoms with Crippen LogP contribution in [-0.4, -0.2) is 19.8 Å². The summed E-state index contributed by atoms with van der Waals surface area (Å²) in [6, 6.07) is 7.90. The van der Waals surface area contributed by atoms with Gasteiger partial charge < -0.3 is 9.47 Å². The third kappa shape index (κ3) is 5.87. The smallest absolute Gasteiger partial charge is 0.126 e. The van der Waals surface area contributed by atoms with Crippen molar-refractivity contribution in [2.75, 3.05) is 19.8 Å². The lowest BCUT2D eigenvalue weighted by Crippen LogP contribution is -2.08. The Hall–Kier alpha value is -1.28. The lowest BCUT2D eigenvalue weighted by molar-refractivity contribution is 0.0971. The van der Waals surface area contributed by atoms with Gasteiger partial charge in [0.2, 0.25) is 0 Å². The van der Waals surface area contributed by atoms with Crippen LogP contribution in [0, 0.1) is 0 Å². The molecule has 0 saturated carbocycles. The zero-order valence-corrected chi connectivity index (χ0v) is 11.4. The van der Waals surface area contributed by atoms with E-state index < -0.39 is 0 Å². The van der Waals surface area contributed by atoms with E-state index in [-0.39, 0.29) is 0 Å². The van der Waals surface area contributed by atoms with Crippen molar-refractivity contribution in [2.45, 2.75) is 32.6 Å². The molecule has 0 unspecified atom stereocenters. The number of hydrogen-bond donors (Lipinski definition) is 0. The number of unbranched alkanes of at least 4 members (excludes halogenated alkanes) is 3. The summed E-state index contributed by atoms with van der Waals surface area (Å²) in [7, 11) is 0. The van der Waals surface area contributed by atoms with Gasteiger partial charge in [-0.05, 0) is 12.5 Å². The van der Waals surface area contributed by atoms with E-state index in [4.69, 9.17) is 9.47 Å². The van der Waals surface area contributed by atoms with Crippen LogP contribution in [0.4, 0.5) is 0 Å². The van der Waals surface area contributed by atoms with Gasteiger partial charge in [0.25, 0.3) is 0 Å². The maximum Gasteiger partial charge on any atom is 0.126 e. The highest BCUT2D eigenvalue weighted by Gasteiger charge is 1.98. The molecule has 0 heterocycles. The Balaban J connectivity index is 2.09. The molecule has 0 fully saturated rings. The fourth-order valence-electron chi connectivity index (χ4n) is 1.72. The van der Waals surface area contributed by atoms with Gasteiger partial charge >= 0.3 is 0 Å². The molecule has 0 aliphatic rings. The number of benzene rings is 1. The second-order valence-electron chi connectivity index (χ2n) is 4.26. The normalized spacial score (nSPS) is 10.3. The lowest BCUT2D eigenvalue weighted by Gasteiger charge is -2.09. The first-order valence-electron chi connectivity index (χ1n) is 6.80. The molecule has 0 bridgehead atoms. The summed E-state index contributed by atoms with van der Waals surface area (Å²) in [4.78, 5) is 0. The number of para-hydroxylation sites is 1. The average Bonchev–Trinajstić information content (AvgIpc) is 2.42. The molecule has 0 spiro atoms. The standard InChI is InChI=1S/C16H24O2/c1-3-5-6-9-12-17-13-14-18-16-11-8-7-10-15(16)4-2/h4,7-8,10-11H,2-3,5-6,9,12-14H2,1H3. The summed E-state index contributed by atoms with van der Waals surface area (Å²) in [5.74, 6) is 0.877. The van der Waals surface area contributed by atoms with Crippen molar-refractivity contribution in [3.8, 4) is 5.75 Å². The Kier molecular flexibility index (Phi) is 7.98. The van der Waals surface area contributed by atoms with E-state index in [0.29, 0.717) is 13.2 Å². The van der Waals surface area contributed by atoms with Crippen LogP contribution in [-0.2, 0) is 4.74 Å². The van der Waals surface area contributed by atoms with Crippen LogP contribution in [0.25, 0.3) is 6.08 Å². The Morgan fingerprint density at radius 1 is 1.06 bits per heavy atom. The minimum Gasteiger partial charge on any atom is -0.491 e. The van der Waals surface area contributed by atoms with Crippen molar-refractivity contribution in [1.82, 2.24) is 0 Å². The first-order valence-corrected chi connectivity index (χ1v) is 6.80. The Morgan fingerprint density at radius 3 is 2.67 bits per heavy atom. The molecule has 0 atom stereocenters. The van der Waals surface area contributed by atoms with Crippen molar-refractivity contribution < 1.29 is 9.47 Å². The van der Waals surface area contributed by atoms with Gasteiger partial charge in [0.15, 0.2) is 0 Å². The van der Waals surface area contributed by atoms with Gasteiger partial charge in [-0.25, -0.2) is 0 Å². The highest BCUT2D eigenvalue weighted by Crippen LogP contribution is 2.18. The molecule has 18 heavy (non-hydrogen) atoms. The van der Waals surface area contributed by atoms with Crippen LogP contribution in [0.1, 0.15) is 38.2 Å². The second-order valence-corrected chi connectivity index (χ2v) is 4.26. The third-order valence-corrected chi connectivity index (χ3v) is 2.77. The summed E-state index contributed by atoms with van der Waals surface area (Å²) in [5, 5.41) is 0. The van der Waals surface area contributed by atoms with E-state index in [1.54, 1.807) is 6.08 Å². The SMILES string of the molecule is C=Cc1ccccc1OCCOCCCCCC. The van der Waals surface area contributed by atoms with E-state index in [1.165, 1.54) is 19.3 Å². The predicted octanol–water partition coefficient (Wildman–Crippen LogP) is 4.31. The molecule has 0 aliphatic heterocycles. The van der Waals surface area contributed by atoms with Crippen LogP contribution in [0.3, 0.4) is 0 Å². The molecule has 0 N–H and O–H groups in total. The number of rotatable bonds is 10. The summed E-state index contributed by atoms with van der Waals surface area (Å²) >= 11 is 0. The van der Waals surface area contributed by atoms with Crippen molar-refractivity contribution >= 4 is 6.08 Å². The van der Waals surface area contributed by atoms with Gasteiger partial charge in [0.1, 0.15) is 12.4 Å². The predicted molar refractivity (Wildman–Crippen MR) is 77.0 cm³/mol. The number of ether oxygens (including phenoxy) is 2. The second kappa shape index (κ2) is 9.72. The fourth-order valence-corrected chi connectivity index (χ4v) is 1.72. The quantitative estimate of drug-likeness (QED) is 0.575. The Labute approximate surface area is 111 Å². The van der Waals surface area contributed by atoms with Crippen molar-refractivity contribution in [3.05, 3.63) is 36.4 Å². The third-order valence-electron chi connectivity index (χ3n) is 2.77. The van der Waals surface area contributed by atoms with Gasteiger partial charge in [-0.2, -0.15) is 0 Å². The molecule has 100 valence electrons. The van der Waals surface area contributed by atoms with E-state index >= 15 is 0 Å². The Morgan fingerprint density at radius 2 is 1.89 bits per heavy atom. The topological polar surface area (TPSA) is 18.5 Å². The van der Waals surface area contributed by atoms with E-state index in [2.05, 4.69) is 13.5 Å². The van der Waals surface area contributed by atoms with Crippen molar-refractivity contribution in [1.29, 1.82) is 0 Å². The highest BCUT2D eigenvalue weighted by molar-refractivity contribution is 5.55. The first kappa shape index (κ1) is 14.8. The van der Waals surface area contributed by atoms with E-state index in [1.807, 2.05) is 24.3 Å². The monoisotopic (exact) mass is 248 g/mol. The van der Waals surface area contributed by atoms with Gasteiger partial charge in [0.05, 0.1) is 6.61 Å². The molecular weight excluding hydrogens is 224 g/mol. The zero-order chi connectivity index (χ0) is 13.1. The number of hydrogen-bond acceptors (Lipinski definition) is 2. The molecular formula is C16H24O2. The molecule has 0 aromatic heterocycles. The zero-order valence-electron chi connectivity index (χ0n) is 11.4. The maximum absolute atomic E-state index is 5.66. The largest absolute Gasteiger partial charge is 0.491 e. The van der Waals surface area contributed by atoms with Crippen molar-refractivity contribution in [3.63, 3.8) is 0 Å². The molecule has 2 nitrogen and oxygen atoms in total. The summed E-state index contributed by atoms with van der Waals surface area (Å²) in [6.07, 6.45) is 6.78.